The first kappa shape index (κ1) is 22.8. The summed E-state index contributed by atoms with van der Waals surface area (Å²) in [6.07, 6.45) is 4.60. The molecule has 1 saturated heterocycles. The van der Waals surface area contributed by atoms with Crippen LogP contribution in [0.15, 0.2) is 41.3 Å². The molecule has 2 aromatic carbocycles. The number of hydrogen-bond donors (Lipinski definition) is 1. The minimum atomic E-state index is -3.72. The fourth-order valence-corrected chi connectivity index (χ4v) is 5.78. The minimum absolute atomic E-state index is 0.0757. The van der Waals surface area contributed by atoms with E-state index in [0.29, 0.717) is 32.1 Å². The molecule has 1 aliphatic carbocycles. The quantitative estimate of drug-likeness (QED) is 0.719. The average molecular weight is 459 g/mol. The maximum absolute atomic E-state index is 13.1. The van der Waals surface area contributed by atoms with Crippen molar-refractivity contribution < 1.29 is 22.7 Å². The van der Waals surface area contributed by atoms with Crippen molar-refractivity contribution in [2.24, 2.45) is 0 Å². The number of sulfonamides is 1. The first-order chi connectivity index (χ1) is 15.4. The SMILES string of the molecule is COc1ccc(S(=O)(=O)N2CCOCC2)cc1C(=O)N[C@H](C)c1ccc2c(c1)CCCC2. The highest BCUT2D eigenvalue weighted by atomic mass is 32.2. The molecule has 1 fully saturated rings. The van der Waals surface area contributed by atoms with Crippen molar-refractivity contribution in [2.45, 2.75) is 43.5 Å². The Balaban J connectivity index is 1.56. The molecule has 7 nitrogen and oxygen atoms in total. The van der Waals surface area contributed by atoms with Gasteiger partial charge in [0, 0.05) is 13.1 Å². The summed E-state index contributed by atoms with van der Waals surface area (Å²) in [5.41, 5.74) is 3.98. The van der Waals surface area contributed by atoms with Gasteiger partial charge >= 0.3 is 0 Å². The molecule has 1 atom stereocenters. The molecule has 172 valence electrons. The maximum Gasteiger partial charge on any atom is 0.255 e. The molecule has 1 N–H and O–H groups in total. The first-order valence-corrected chi connectivity index (χ1v) is 12.5. The van der Waals surface area contributed by atoms with Crippen molar-refractivity contribution in [1.29, 1.82) is 0 Å². The van der Waals surface area contributed by atoms with E-state index in [1.54, 1.807) is 0 Å². The highest BCUT2D eigenvalue weighted by Crippen LogP contribution is 2.27. The van der Waals surface area contributed by atoms with E-state index >= 15 is 0 Å². The van der Waals surface area contributed by atoms with Crippen molar-refractivity contribution in [2.75, 3.05) is 33.4 Å². The molecule has 0 unspecified atom stereocenters. The fraction of sp³-hybridized carbons (Fsp3) is 0.458. The Morgan fingerprint density at radius 3 is 2.50 bits per heavy atom. The van der Waals surface area contributed by atoms with Crippen LogP contribution in [-0.4, -0.2) is 52.0 Å². The number of fused-ring (bicyclic) bond motifs is 1. The molecule has 2 aliphatic rings. The number of nitrogens with zero attached hydrogens (tertiary/aromatic N) is 1. The Hall–Kier alpha value is -2.42. The van der Waals surface area contributed by atoms with Crippen molar-refractivity contribution >= 4 is 15.9 Å². The number of nitrogens with one attached hydrogen (secondary N) is 1. The van der Waals surface area contributed by atoms with E-state index in [-0.39, 0.29) is 22.4 Å². The van der Waals surface area contributed by atoms with Gasteiger partial charge < -0.3 is 14.8 Å². The summed E-state index contributed by atoms with van der Waals surface area (Å²) >= 11 is 0. The van der Waals surface area contributed by atoms with E-state index in [1.165, 1.54) is 53.6 Å². The van der Waals surface area contributed by atoms with Crippen molar-refractivity contribution in [3.05, 3.63) is 58.7 Å². The lowest BCUT2D eigenvalue weighted by molar-refractivity contribution is 0.0730. The zero-order valence-corrected chi connectivity index (χ0v) is 19.4. The van der Waals surface area contributed by atoms with Crippen LogP contribution in [0.25, 0.3) is 0 Å². The Bertz CT molecular complexity index is 1090. The van der Waals surface area contributed by atoms with E-state index in [9.17, 15) is 13.2 Å². The van der Waals surface area contributed by atoms with Gasteiger partial charge in [0.2, 0.25) is 10.0 Å². The van der Waals surface area contributed by atoms with E-state index in [1.807, 2.05) is 6.92 Å². The van der Waals surface area contributed by atoms with Crippen LogP contribution in [0.3, 0.4) is 0 Å². The number of amides is 1. The van der Waals surface area contributed by atoms with Crippen LogP contribution in [0.1, 0.15) is 52.9 Å². The van der Waals surface area contributed by atoms with Crippen LogP contribution in [0.2, 0.25) is 0 Å². The van der Waals surface area contributed by atoms with Crippen LogP contribution in [0.5, 0.6) is 5.75 Å². The van der Waals surface area contributed by atoms with Crippen molar-refractivity contribution in [3.8, 4) is 5.75 Å². The largest absolute Gasteiger partial charge is 0.496 e. The second kappa shape index (κ2) is 9.60. The molecule has 1 amide bonds. The van der Waals surface area contributed by atoms with Gasteiger partial charge in [-0.05, 0) is 67.5 Å². The third kappa shape index (κ3) is 4.67. The molecular formula is C24H30N2O5S. The Morgan fingerprint density at radius 1 is 1.06 bits per heavy atom. The number of benzene rings is 2. The monoisotopic (exact) mass is 458 g/mol. The zero-order valence-electron chi connectivity index (χ0n) is 18.6. The lowest BCUT2D eigenvalue weighted by atomic mass is 9.89. The summed E-state index contributed by atoms with van der Waals surface area (Å²) in [5, 5.41) is 3.00. The van der Waals surface area contributed by atoms with Gasteiger partial charge in [-0.15, -0.1) is 0 Å². The summed E-state index contributed by atoms with van der Waals surface area (Å²) in [7, 11) is -2.25. The Morgan fingerprint density at radius 2 is 1.78 bits per heavy atom. The summed E-state index contributed by atoms with van der Waals surface area (Å²) in [6, 6.07) is 10.6. The number of rotatable bonds is 6. The molecule has 0 radical (unpaired) electrons. The van der Waals surface area contributed by atoms with Gasteiger partial charge in [0.15, 0.2) is 0 Å². The van der Waals surface area contributed by atoms with Gasteiger partial charge in [-0.3, -0.25) is 4.79 Å². The predicted molar refractivity (Wildman–Crippen MR) is 122 cm³/mol. The summed E-state index contributed by atoms with van der Waals surface area (Å²) < 4.78 is 38.1. The highest BCUT2D eigenvalue weighted by molar-refractivity contribution is 7.89. The van der Waals surface area contributed by atoms with Crippen LogP contribution >= 0.6 is 0 Å². The average Bonchev–Trinajstić information content (AvgIpc) is 2.83. The van der Waals surface area contributed by atoms with Gasteiger partial charge in [-0.25, -0.2) is 8.42 Å². The van der Waals surface area contributed by atoms with Gasteiger partial charge in [0.25, 0.3) is 5.91 Å². The van der Waals surface area contributed by atoms with Crippen LogP contribution in [0, 0.1) is 0 Å². The molecular weight excluding hydrogens is 428 g/mol. The number of methoxy groups -OCH3 is 1. The number of morpholine rings is 1. The van der Waals surface area contributed by atoms with Crippen LogP contribution in [0.4, 0.5) is 0 Å². The maximum atomic E-state index is 13.1. The lowest BCUT2D eigenvalue weighted by Crippen LogP contribution is -2.40. The zero-order chi connectivity index (χ0) is 22.7. The molecule has 1 aliphatic heterocycles. The predicted octanol–water partition coefficient (Wildman–Crippen LogP) is 3.09. The van der Waals surface area contributed by atoms with Gasteiger partial charge in [-0.1, -0.05) is 18.2 Å². The summed E-state index contributed by atoms with van der Waals surface area (Å²) in [6.45, 7) is 3.25. The normalized spacial score (nSPS) is 17.9. The third-order valence-electron chi connectivity index (χ3n) is 6.24. The molecule has 0 bridgehead atoms. The van der Waals surface area contributed by atoms with Gasteiger partial charge in [0.1, 0.15) is 5.75 Å². The van der Waals surface area contributed by atoms with Crippen molar-refractivity contribution in [1.82, 2.24) is 9.62 Å². The second-order valence-corrected chi connectivity index (χ2v) is 10.2. The molecule has 2 aromatic rings. The molecule has 0 aromatic heterocycles. The van der Waals surface area contributed by atoms with E-state index in [4.69, 9.17) is 9.47 Å². The fourth-order valence-electron chi connectivity index (χ4n) is 4.34. The van der Waals surface area contributed by atoms with E-state index < -0.39 is 10.0 Å². The Labute approximate surface area is 189 Å². The molecule has 1 heterocycles. The molecule has 4 rings (SSSR count). The minimum Gasteiger partial charge on any atom is -0.496 e. The number of carbonyl (C=O) groups excluding carboxylic acids is 1. The molecule has 8 heteroatoms. The van der Waals surface area contributed by atoms with E-state index in [2.05, 4.69) is 23.5 Å². The van der Waals surface area contributed by atoms with Gasteiger partial charge in [-0.2, -0.15) is 4.31 Å². The number of aryl methyl sites for hydroxylation is 2. The van der Waals surface area contributed by atoms with E-state index in [0.717, 1.165) is 18.4 Å². The number of hydrogen-bond acceptors (Lipinski definition) is 5. The lowest BCUT2D eigenvalue weighted by Gasteiger charge is -2.26. The topological polar surface area (TPSA) is 84.9 Å². The summed E-state index contributed by atoms with van der Waals surface area (Å²) in [4.78, 5) is 13.2. The molecule has 0 spiro atoms. The Kier molecular flexibility index (Phi) is 6.83. The summed E-state index contributed by atoms with van der Waals surface area (Å²) in [5.74, 6) is -0.0350. The third-order valence-corrected chi connectivity index (χ3v) is 8.14. The second-order valence-electron chi connectivity index (χ2n) is 8.31. The van der Waals surface area contributed by atoms with Crippen molar-refractivity contribution in [3.63, 3.8) is 0 Å². The first-order valence-electron chi connectivity index (χ1n) is 11.1. The molecule has 32 heavy (non-hydrogen) atoms. The standard InChI is InChI=1S/C24H30N2O5S/c1-17(19-8-7-18-5-3-4-6-20(18)15-19)25-24(27)22-16-21(9-10-23(22)30-2)32(28,29)26-11-13-31-14-12-26/h7-10,15-17H,3-6,11-14H2,1-2H3,(H,25,27)/t17-/m1/s1. The molecule has 0 saturated carbocycles. The van der Waals surface area contributed by atoms with Gasteiger partial charge in [0.05, 0.1) is 36.8 Å². The smallest absolute Gasteiger partial charge is 0.255 e. The van der Waals surface area contributed by atoms with Crippen LogP contribution in [-0.2, 0) is 27.6 Å². The highest BCUT2D eigenvalue weighted by Gasteiger charge is 2.28. The number of ether oxygens (including phenoxy) is 2. The number of carbonyl (C=O) groups is 1. The van der Waals surface area contributed by atoms with Crippen LogP contribution < -0.4 is 10.1 Å².